The highest BCUT2D eigenvalue weighted by Gasteiger charge is 2.51. The fourth-order valence-corrected chi connectivity index (χ4v) is 6.77. The van der Waals surface area contributed by atoms with Crippen molar-refractivity contribution in [3.05, 3.63) is 40.2 Å². The second-order valence-electron chi connectivity index (χ2n) is 10.5. The number of para-hydroxylation sites is 1. The topological polar surface area (TPSA) is 71.3 Å². The van der Waals surface area contributed by atoms with Gasteiger partial charge in [-0.15, -0.1) is 0 Å². The van der Waals surface area contributed by atoms with Crippen molar-refractivity contribution in [2.45, 2.75) is 70.9 Å². The first-order valence-corrected chi connectivity index (χ1v) is 11.5. The SMILES string of the molecule is CC(C)CCn1c(=O)c(C(=O)NC23CC4CC(CC(C4)C2)C3)c(O)c2ccccc21. The fourth-order valence-electron chi connectivity index (χ4n) is 6.77. The number of carbonyl (C=O) groups excluding carboxylic acids is 1. The van der Waals surface area contributed by atoms with Gasteiger partial charge in [0.25, 0.3) is 11.5 Å². The monoisotopic (exact) mass is 408 g/mol. The van der Waals surface area contributed by atoms with Crippen LogP contribution in [0.1, 0.15) is 69.2 Å². The zero-order valence-electron chi connectivity index (χ0n) is 18.0. The highest BCUT2D eigenvalue weighted by molar-refractivity contribution is 6.02. The van der Waals surface area contributed by atoms with Gasteiger partial charge < -0.3 is 15.0 Å². The Kier molecular flexibility index (Phi) is 4.68. The minimum atomic E-state index is -0.400. The number of aromatic hydroxyl groups is 1. The lowest BCUT2D eigenvalue weighted by Gasteiger charge is -2.56. The Balaban J connectivity index is 1.53. The molecule has 1 aromatic heterocycles. The summed E-state index contributed by atoms with van der Waals surface area (Å²) in [5.41, 5.74) is 0.0216. The molecule has 0 atom stereocenters. The van der Waals surface area contributed by atoms with E-state index in [2.05, 4.69) is 19.2 Å². The third-order valence-corrected chi connectivity index (χ3v) is 7.72. The minimum absolute atomic E-state index is 0.0896. The van der Waals surface area contributed by atoms with Gasteiger partial charge in [-0.05, 0) is 80.8 Å². The Hall–Kier alpha value is -2.30. The van der Waals surface area contributed by atoms with E-state index < -0.39 is 5.91 Å². The number of fused-ring (bicyclic) bond motifs is 1. The second-order valence-corrected chi connectivity index (χ2v) is 10.5. The van der Waals surface area contributed by atoms with Crippen LogP contribution in [-0.4, -0.2) is 21.1 Å². The third-order valence-electron chi connectivity index (χ3n) is 7.72. The zero-order chi connectivity index (χ0) is 21.0. The normalized spacial score (nSPS) is 29.6. The van der Waals surface area contributed by atoms with Gasteiger partial charge in [0, 0.05) is 17.5 Å². The highest BCUT2D eigenvalue weighted by atomic mass is 16.3. The number of carbonyl (C=O) groups is 1. The average molecular weight is 409 g/mol. The van der Waals surface area contributed by atoms with Crippen LogP contribution in [0, 0.1) is 23.7 Å². The van der Waals surface area contributed by atoms with E-state index in [1.165, 1.54) is 19.3 Å². The lowest BCUT2D eigenvalue weighted by molar-refractivity contribution is -0.0167. The summed E-state index contributed by atoms with van der Waals surface area (Å²) >= 11 is 0. The average Bonchev–Trinajstić information content (AvgIpc) is 2.66. The van der Waals surface area contributed by atoms with E-state index in [4.69, 9.17) is 0 Å². The van der Waals surface area contributed by atoms with Gasteiger partial charge in [-0.25, -0.2) is 0 Å². The maximum atomic E-state index is 13.4. The van der Waals surface area contributed by atoms with Gasteiger partial charge in [0.2, 0.25) is 0 Å². The maximum Gasteiger partial charge on any atom is 0.267 e. The summed E-state index contributed by atoms with van der Waals surface area (Å²) in [5, 5.41) is 14.8. The van der Waals surface area contributed by atoms with Crippen LogP contribution in [0.3, 0.4) is 0 Å². The second kappa shape index (κ2) is 7.14. The van der Waals surface area contributed by atoms with Crippen molar-refractivity contribution >= 4 is 16.8 Å². The number of hydrogen-bond donors (Lipinski definition) is 2. The predicted octanol–water partition coefficient (Wildman–Crippen LogP) is 4.45. The van der Waals surface area contributed by atoms with Crippen LogP contribution >= 0.6 is 0 Å². The minimum Gasteiger partial charge on any atom is -0.506 e. The molecule has 5 nitrogen and oxygen atoms in total. The van der Waals surface area contributed by atoms with Gasteiger partial charge in [-0.1, -0.05) is 26.0 Å². The standard InChI is InChI=1S/C25H32N2O3/c1-15(2)7-8-27-20-6-4-3-5-19(20)22(28)21(24(27)30)23(29)26-25-12-16-9-17(13-25)11-18(10-16)14-25/h3-6,15-18,28H,7-14H2,1-2H3,(H,26,29). The summed E-state index contributed by atoms with van der Waals surface area (Å²) in [5.74, 6) is 1.95. The molecule has 0 radical (unpaired) electrons. The quantitative estimate of drug-likeness (QED) is 0.768. The number of nitrogens with zero attached hydrogens (tertiary/aromatic N) is 1. The van der Waals surface area contributed by atoms with Crippen molar-refractivity contribution < 1.29 is 9.90 Å². The van der Waals surface area contributed by atoms with Crippen molar-refractivity contribution in [3.8, 4) is 5.75 Å². The van der Waals surface area contributed by atoms with E-state index >= 15 is 0 Å². The van der Waals surface area contributed by atoms with Crippen molar-refractivity contribution in [1.82, 2.24) is 9.88 Å². The summed E-state index contributed by atoms with van der Waals surface area (Å²) in [6, 6.07) is 7.33. The van der Waals surface area contributed by atoms with Gasteiger partial charge in [-0.3, -0.25) is 9.59 Å². The molecule has 1 heterocycles. The van der Waals surface area contributed by atoms with Gasteiger partial charge in [0.15, 0.2) is 0 Å². The van der Waals surface area contributed by atoms with Crippen LogP contribution in [0.2, 0.25) is 0 Å². The molecular formula is C25H32N2O3. The smallest absolute Gasteiger partial charge is 0.267 e. The molecule has 4 aliphatic carbocycles. The molecule has 0 saturated heterocycles. The predicted molar refractivity (Wildman–Crippen MR) is 118 cm³/mol. The molecule has 6 rings (SSSR count). The molecule has 160 valence electrons. The van der Waals surface area contributed by atoms with Crippen LogP contribution in [0.25, 0.3) is 10.9 Å². The van der Waals surface area contributed by atoms with Gasteiger partial charge in [0.1, 0.15) is 11.3 Å². The first-order valence-electron chi connectivity index (χ1n) is 11.5. The number of benzene rings is 1. The van der Waals surface area contributed by atoms with Gasteiger partial charge in [-0.2, -0.15) is 0 Å². The highest BCUT2D eigenvalue weighted by Crippen LogP contribution is 2.55. The lowest BCUT2D eigenvalue weighted by atomic mass is 9.53. The summed E-state index contributed by atoms with van der Waals surface area (Å²) in [7, 11) is 0. The fraction of sp³-hybridized carbons (Fsp3) is 0.600. The van der Waals surface area contributed by atoms with Crippen LogP contribution in [0.15, 0.2) is 29.1 Å². The summed E-state index contributed by atoms with van der Waals surface area (Å²) < 4.78 is 1.67. The summed E-state index contributed by atoms with van der Waals surface area (Å²) in [6.07, 6.45) is 7.75. The zero-order valence-corrected chi connectivity index (χ0v) is 18.0. The maximum absolute atomic E-state index is 13.4. The molecule has 0 aliphatic heterocycles. The Morgan fingerprint density at radius 2 is 1.73 bits per heavy atom. The van der Waals surface area contributed by atoms with E-state index in [0.29, 0.717) is 41.1 Å². The van der Waals surface area contributed by atoms with E-state index in [1.807, 2.05) is 18.2 Å². The number of pyridine rings is 1. The molecule has 0 spiro atoms. The molecule has 2 aromatic rings. The molecule has 2 N–H and O–H groups in total. The largest absolute Gasteiger partial charge is 0.506 e. The van der Waals surface area contributed by atoms with Crippen molar-refractivity contribution in [3.63, 3.8) is 0 Å². The Labute approximate surface area is 177 Å². The van der Waals surface area contributed by atoms with Crippen LogP contribution < -0.4 is 10.9 Å². The molecule has 1 aromatic carbocycles. The number of hydrogen-bond acceptors (Lipinski definition) is 3. The molecule has 4 bridgehead atoms. The lowest BCUT2D eigenvalue weighted by Crippen LogP contribution is -2.60. The molecule has 1 amide bonds. The number of aromatic nitrogens is 1. The van der Waals surface area contributed by atoms with Crippen molar-refractivity contribution in [1.29, 1.82) is 0 Å². The molecule has 4 saturated carbocycles. The summed E-state index contributed by atoms with van der Waals surface area (Å²) in [6.45, 7) is 4.78. The number of aryl methyl sites for hydroxylation is 1. The van der Waals surface area contributed by atoms with Crippen molar-refractivity contribution in [2.75, 3.05) is 0 Å². The Morgan fingerprint density at radius 1 is 1.13 bits per heavy atom. The third kappa shape index (κ3) is 3.23. The van der Waals surface area contributed by atoms with Gasteiger partial charge >= 0.3 is 0 Å². The van der Waals surface area contributed by atoms with Crippen LogP contribution in [0.5, 0.6) is 5.75 Å². The van der Waals surface area contributed by atoms with E-state index in [1.54, 1.807) is 10.6 Å². The van der Waals surface area contributed by atoms with Crippen LogP contribution in [-0.2, 0) is 6.54 Å². The van der Waals surface area contributed by atoms with E-state index in [9.17, 15) is 14.7 Å². The van der Waals surface area contributed by atoms with E-state index in [0.717, 1.165) is 25.7 Å². The van der Waals surface area contributed by atoms with Crippen LogP contribution in [0.4, 0.5) is 0 Å². The molecular weight excluding hydrogens is 376 g/mol. The molecule has 5 heteroatoms. The first kappa shape index (κ1) is 19.7. The van der Waals surface area contributed by atoms with Crippen molar-refractivity contribution in [2.24, 2.45) is 23.7 Å². The number of amides is 1. The van der Waals surface area contributed by atoms with E-state index in [-0.39, 0.29) is 22.4 Å². The molecule has 4 aliphatic rings. The number of rotatable bonds is 5. The Bertz CT molecular complexity index is 1020. The Morgan fingerprint density at radius 3 is 2.33 bits per heavy atom. The number of nitrogens with one attached hydrogen (secondary N) is 1. The molecule has 4 fully saturated rings. The first-order chi connectivity index (χ1) is 14.3. The van der Waals surface area contributed by atoms with Gasteiger partial charge in [0.05, 0.1) is 5.52 Å². The molecule has 30 heavy (non-hydrogen) atoms. The summed E-state index contributed by atoms with van der Waals surface area (Å²) in [4.78, 5) is 26.8. The molecule has 0 unspecified atom stereocenters.